The minimum atomic E-state index is -1.10. The molecule has 0 aromatic rings. The van der Waals surface area contributed by atoms with Crippen molar-refractivity contribution in [2.45, 2.75) is 38.9 Å². The van der Waals surface area contributed by atoms with Gasteiger partial charge in [-0.1, -0.05) is 26.3 Å². The Kier molecular flexibility index (Phi) is 12.5. The van der Waals surface area contributed by atoms with Crippen molar-refractivity contribution in [1.82, 2.24) is 0 Å². The van der Waals surface area contributed by atoms with E-state index in [2.05, 4.69) is 13.5 Å². The van der Waals surface area contributed by atoms with Crippen molar-refractivity contribution in [1.29, 1.82) is 0 Å². The summed E-state index contributed by atoms with van der Waals surface area (Å²) in [6, 6.07) is 0. The second-order valence-corrected chi connectivity index (χ2v) is 2.52. The van der Waals surface area contributed by atoms with E-state index >= 15 is 0 Å². The number of rotatable bonds is 5. The minimum Gasteiger partial charge on any atom is -0.478 e. The van der Waals surface area contributed by atoms with Crippen LogP contribution >= 0.6 is 0 Å². The molecule has 3 N–H and O–H groups in total. The summed E-state index contributed by atoms with van der Waals surface area (Å²) in [6.07, 6.45) is 3.41. The standard InChI is InChI=1S/C6H14O2.C3H4O2/c1-2-3-4-5-6(7)8;1-2-3(4)5/h6-8H,2-5H2,1H3;2H,1H2,(H,4,5). The van der Waals surface area contributed by atoms with Crippen molar-refractivity contribution >= 4 is 5.97 Å². The first kappa shape index (κ1) is 14.6. The van der Waals surface area contributed by atoms with Crippen LogP contribution in [-0.2, 0) is 4.79 Å². The second-order valence-electron chi connectivity index (χ2n) is 2.52. The van der Waals surface area contributed by atoms with Gasteiger partial charge in [-0.3, -0.25) is 0 Å². The van der Waals surface area contributed by atoms with Crippen LogP contribution < -0.4 is 0 Å². The maximum Gasteiger partial charge on any atom is 0.327 e. The number of hydrogen-bond donors (Lipinski definition) is 3. The van der Waals surface area contributed by atoms with Gasteiger partial charge in [-0.05, 0) is 12.8 Å². The lowest BCUT2D eigenvalue weighted by atomic mass is 10.2. The van der Waals surface area contributed by atoms with Crippen LogP contribution in [-0.4, -0.2) is 27.6 Å². The number of carboxylic acid groups (broad SMARTS) is 1. The molecule has 0 aliphatic rings. The predicted octanol–water partition coefficient (Wildman–Crippen LogP) is 1.13. The Morgan fingerprint density at radius 1 is 1.46 bits per heavy atom. The molecule has 0 fully saturated rings. The first-order chi connectivity index (χ1) is 6.04. The number of carboxylic acids is 1. The highest BCUT2D eigenvalue weighted by atomic mass is 16.5. The Morgan fingerprint density at radius 3 is 2.15 bits per heavy atom. The molecule has 4 heteroatoms. The summed E-state index contributed by atoms with van der Waals surface area (Å²) in [6.45, 7) is 5.05. The molecule has 0 atom stereocenters. The molecule has 0 saturated heterocycles. The molecule has 0 saturated carbocycles. The first-order valence-corrected chi connectivity index (χ1v) is 4.26. The van der Waals surface area contributed by atoms with E-state index in [9.17, 15) is 4.79 Å². The van der Waals surface area contributed by atoms with E-state index in [4.69, 9.17) is 15.3 Å². The Labute approximate surface area is 78.5 Å². The van der Waals surface area contributed by atoms with Gasteiger partial charge in [0.2, 0.25) is 0 Å². The van der Waals surface area contributed by atoms with Crippen LogP contribution in [0.5, 0.6) is 0 Å². The van der Waals surface area contributed by atoms with Crippen LogP contribution in [0.4, 0.5) is 0 Å². The second kappa shape index (κ2) is 11.1. The van der Waals surface area contributed by atoms with Gasteiger partial charge in [-0.15, -0.1) is 0 Å². The van der Waals surface area contributed by atoms with Crippen molar-refractivity contribution in [3.8, 4) is 0 Å². The lowest BCUT2D eigenvalue weighted by molar-refractivity contribution is -0.131. The van der Waals surface area contributed by atoms with Gasteiger partial charge in [-0.25, -0.2) is 4.79 Å². The number of aliphatic hydroxyl groups is 2. The molecule has 0 bridgehead atoms. The molecule has 0 aliphatic carbocycles. The third kappa shape index (κ3) is 24.7. The Balaban J connectivity index is 0. The fourth-order valence-electron chi connectivity index (χ4n) is 0.577. The zero-order valence-corrected chi connectivity index (χ0v) is 7.94. The van der Waals surface area contributed by atoms with E-state index in [0.717, 1.165) is 25.3 Å². The quantitative estimate of drug-likeness (QED) is 0.345. The highest BCUT2D eigenvalue weighted by Gasteiger charge is 1.93. The van der Waals surface area contributed by atoms with Gasteiger partial charge in [0, 0.05) is 6.08 Å². The topological polar surface area (TPSA) is 77.8 Å². The molecule has 0 rings (SSSR count). The van der Waals surface area contributed by atoms with Crippen molar-refractivity contribution in [3.63, 3.8) is 0 Å². The largest absolute Gasteiger partial charge is 0.478 e. The van der Waals surface area contributed by atoms with Crippen LogP contribution in [0, 0.1) is 0 Å². The van der Waals surface area contributed by atoms with Crippen molar-refractivity contribution in [2.24, 2.45) is 0 Å². The predicted molar refractivity (Wildman–Crippen MR) is 50.2 cm³/mol. The van der Waals surface area contributed by atoms with Crippen LogP contribution in [0.2, 0.25) is 0 Å². The lowest BCUT2D eigenvalue weighted by Crippen LogP contribution is -2.02. The van der Waals surface area contributed by atoms with E-state index in [0.29, 0.717) is 6.42 Å². The van der Waals surface area contributed by atoms with Gasteiger partial charge in [0.15, 0.2) is 6.29 Å². The van der Waals surface area contributed by atoms with Gasteiger partial charge >= 0.3 is 5.97 Å². The molecule has 0 aromatic carbocycles. The summed E-state index contributed by atoms with van der Waals surface area (Å²) in [5.41, 5.74) is 0. The molecule has 0 aliphatic heterocycles. The third-order valence-electron chi connectivity index (χ3n) is 1.24. The lowest BCUT2D eigenvalue weighted by Gasteiger charge is -1.99. The molecule has 0 amide bonds. The summed E-state index contributed by atoms with van der Waals surface area (Å²) < 4.78 is 0. The molecule has 0 aromatic heterocycles. The van der Waals surface area contributed by atoms with E-state index < -0.39 is 12.3 Å². The summed E-state index contributed by atoms with van der Waals surface area (Å²) >= 11 is 0. The maximum absolute atomic E-state index is 9.25. The van der Waals surface area contributed by atoms with Gasteiger partial charge in [0.05, 0.1) is 0 Å². The molecule has 0 unspecified atom stereocenters. The number of carbonyl (C=O) groups is 1. The molecular weight excluding hydrogens is 172 g/mol. The highest BCUT2D eigenvalue weighted by Crippen LogP contribution is 1.99. The van der Waals surface area contributed by atoms with E-state index in [1.807, 2.05) is 0 Å². The number of hydrogen-bond acceptors (Lipinski definition) is 3. The first-order valence-electron chi connectivity index (χ1n) is 4.26. The summed E-state index contributed by atoms with van der Waals surface area (Å²) in [7, 11) is 0. The van der Waals surface area contributed by atoms with Crippen molar-refractivity contribution < 1.29 is 20.1 Å². The molecule has 0 spiro atoms. The van der Waals surface area contributed by atoms with Crippen LogP contribution in [0.1, 0.15) is 32.6 Å². The maximum atomic E-state index is 9.25. The summed E-state index contributed by atoms with van der Waals surface area (Å²) in [5.74, 6) is -0.981. The Morgan fingerprint density at radius 2 is 1.92 bits per heavy atom. The normalized spacial score (nSPS) is 8.92. The zero-order chi connectivity index (χ0) is 10.7. The van der Waals surface area contributed by atoms with Gasteiger partial charge in [0.25, 0.3) is 0 Å². The van der Waals surface area contributed by atoms with E-state index in [1.165, 1.54) is 0 Å². The van der Waals surface area contributed by atoms with Gasteiger partial charge in [0.1, 0.15) is 0 Å². The van der Waals surface area contributed by atoms with Gasteiger partial charge < -0.3 is 15.3 Å². The number of unbranched alkanes of at least 4 members (excludes halogenated alkanes) is 2. The Hall–Kier alpha value is -0.870. The average Bonchev–Trinajstić information content (AvgIpc) is 2.05. The molecule has 0 radical (unpaired) electrons. The fourth-order valence-corrected chi connectivity index (χ4v) is 0.577. The minimum absolute atomic E-state index is 0.522. The summed E-state index contributed by atoms with van der Waals surface area (Å²) in [4.78, 5) is 9.25. The Bertz CT molecular complexity index is 132. The molecule has 13 heavy (non-hydrogen) atoms. The fraction of sp³-hybridized carbons (Fsp3) is 0.667. The average molecular weight is 190 g/mol. The summed E-state index contributed by atoms with van der Waals surface area (Å²) in [5, 5.41) is 24.3. The number of aliphatic carboxylic acids is 1. The third-order valence-corrected chi connectivity index (χ3v) is 1.24. The van der Waals surface area contributed by atoms with Crippen LogP contribution in [0.3, 0.4) is 0 Å². The zero-order valence-electron chi connectivity index (χ0n) is 7.94. The molecule has 4 nitrogen and oxygen atoms in total. The van der Waals surface area contributed by atoms with Crippen LogP contribution in [0.25, 0.3) is 0 Å². The van der Waals surface area contributed by atoms with Crippen molar-refractivity contribution in [2.75, 3.05) is 0 Å². The highest BCUT2D eigenvalue weighted by molar-refractivity contribution is 5.78. The van der Waals surface area contributed by atoms with E-state index in [1.54, 1.807) is 0 Å². The smallest absolute Gasteiger partial charge is 0.327 e. The molecular formula is C9H18O4. The van der Waals surface area contributed by atoms with Crippen molar-refractivity contribution in [3.05, 3.63) is 12.7 Å². The monoisotopic (exact) mass is 190 g/mol. The molecule has 0 heterocycles. The van der Waals surface area contributed by atoms with E-state index in [-0.39, 0.29) is 0 Å². The molecule has 78 valence electrons. The SMILES string of the molecule is C=CC(=O)O.CCCCCC(O)O. The van der Waals surface area contributed by atoms with Gasteiger partial charge in [-0.2, -0.15) is 0 Å². The van der Waals surface area contributed by atoms with Crippen LogP contribution in [0.15, 0.2) is 12.7 Å². The number of aliphatic hydroxyl groups excluding tert-OH is 1.